The van der Waals surface area contributed by atoms with Crippen molar-refractivity contribution in [1.29, 1.82) is 0 Å². The highest BCUT2D eigenvalue weighted by atomic mass is 79.9. The summed E-state index contributed by atoms with van der Waals surface area (Å²) in [6, 6.07) is 0.545. The van der Waals surface area contributed by atoms with Crippen LogP contribution in [0.3, 0.4) is 0 Å². The summed E-state index contributed by atoms with van der Waals surface area (Å²) < 4.78 is 0. The lowest BCUT2D eigenvalue weighted by atomic mass is 10.1. The van der Waals surface area contributed by atoms with Crippen molar-refractivity contribution in [3.05, 3.63) is 16.6 Å². The Kier molecular flexibility index (Phi) is 4.18. The largest absolute Gasteiger partial charge is 0.308 e. The molecule has 1 unspecified atom stereocenters. The van der Waals surface area contributed by atoms with Gasteiger partial charge in [0.2, 0.25) is 0 Å². The molecule has 0 radical (unpaired) electrons. The van der Waals surface area contributed by atoms with Gasteiger partial charge in [0, 0.05) is 11.6 Å². The van der Waals surface area contributed by atoms with Gasteiger partial charge in [-0.05, 0) is 19.4 Å². The van der Waals surface area contributed by atoms with Crippen LogP contribution in [-0.4, -0.2) is 11.5 Å². The minimum atomic E-state index is 0. The maximum absolute atomic E-state index is 4.30. The second-order valence-corrected chi connectivity index (χ2v) is 3.80. The van der Waals surface area contributed by atoms with Crippen LogP contribution in [0, 0.1) is 0 Å². The average molecular weight is 249 g/mol. The number of aromatic nitrogens is 1. The first-order valence-corrected chi connectivity index (χ1v) is 4.97. The van der Waals surface area contributed by atoms with Gasteiger partial charge >= 0.3 is 0 Å². The Morgan fingerprint density at radius 1 is 1.50 bits per heavy atom. The summed E-state index contributed by atoms with van der Waals surface area (Å²) in [6.45, 7) is 1.16. The molecule has 0 aliphatic carbocycles. The van der Waals surface area contributed by atoms with Gasteiger partial charge in [0.1, 0.15) is 5.01 Å². The van der Waals surface area contributed by atoms with Crippen LogP contribution in [0.4, 0.5) is 0 Å². The second kappa shape index (κ2) is 4.94. The third-order valence-corrected chi connectivity index (χ3v) is 2.95. The van der Waals surface area contributed by atoms with Crippen LogP contribution >= 0.6 is 28.3 Å². The highest BCUT2D eigenvalue weighted by Gasteiger charge is 2.15. The number of rotatable bonds is 1. The number of piperidine rings is 1. The standard InChI is InChI=1S/C8H12N2S.BrH/c1-2-4-9-7(3-1)8-10-5-6-11-8;/h5-7,9H,1-4H2;1H. The molecular formula is C8H13BrN2S. The van der Waals surface area contributed by atoms with Gasteiger partial charge in [0.05, 0.1) is 6.04 Å². The Bertz CT molecular complexity index is 207. The van der Waals surface area contributed by atoms with E-state index >= 15 is 0 Å². The van der Waals surface area contributed by atoms with Crippen molar-refractivity contribution < 1.29 is 0 Å². The SMILES string of the molecule is Br.c1csc(C2CCCCN2)n1. The molecule has 0 aromatic carbocycles. The fraction of sp³-hybridized carbons (Fsp3) is 0.625. The maximum Gasteiger partial charge on any atom is 0.109 e. The van der Waals surface area contributed by atoms with Gasteiger partial charge in [0.15, 0.2) is 0 Å². The number of hydrogen-bond donors (Lipinski definition) is 1. The van der Waals surface area contributed by atoms with Gasteiger partial charge in [-0.2, -0.15) is 0 Å². The van der Waals surface area contributed by atoms with Crippen LogP contribution < -0.4 is 5.32 Å². The van der Waals surface area contributed by atoms with E-state index in [1.807, 2.05) is 11.6 Å². The van der Waals surface area contributed by atoms with Gasteiger partial charge < -0.3 is 5.32 Å². The summed E-state index contributed by atoms with van der Waals surface area (Å²) in [6.07, 6.45) is 5.81. The average Bonchev–Trinajstić information content (AvgIpc) is 2.58. The fourth-order valence-corrected chi connectivity index (χ4v) is 2.22. The zero-order chi connectivity index (χ0) is 7.52. The maximum atomic E-state index is 4.30. The monoisotopic (exact) mass is 248 g/mol. The molecule has 1 aliphatic rings. The lowest BCUT2D eigenvalue weighted by Crippen LogP contribution is -2.26. The molecular weight excluding hydrogens is 236 g/mol. The first-order valence-electron chi connectivity index (χ1n) is 4.09. The lowest BCUT2D eigenvalue weighted by molar-refractivity contribution is 0.411. The van der Waals surface area contributed by atoms with E-state index in [0.29, 0.717) is 6.04 Å². The highest BCUT2D eigenvalue weighted by molar-refractivity contribution is 8.93. The number of nitrogens with zero attached hydrogens (tertiary/aromatic N) is 1. The third kappa shape index (κ3) is 2.28. The van der Waals surface area contributed by atoms with Gasteiger partial charge in [-0.15, -0.1) is 28.3 Å². The van der Waals surface area contributed by atoms with Crippen LogP contribution in [0.15, 0.2) is 11.6 Å². The molecule has 2 rings (SSSR count). The molecule has 1 fully saturated rings. The summed E-state index contributed by atoms with van der Waals surface area (Å²) in [5.74, 6) is 0. The van der Waals surface area contributed by atoms with E-state index in [1.54, 1.807) is 11.3 Å². The quantitative estimate of drug-likeness (QED) is 0.827. The van der Waals surface area contributed by atoms with Gasteiger partial charge in [-0.1, -0.05) is 6.42 Å². The molecule has 0 amide bonds. The molecule has 0 bridgehead atoms. The molecule has 1 N–H and O–H groups in total. The molecule has 0 saturated carbocycles. The van der Waals surface area contributed by atoms with Crippen LogP contribution in [-0.2, 0) is 0 Å². The summed E-state index contributed by atoms with van der Waals surface area (Å²) in [4.78, 5) is 4.30. The molecule has 1 atom stereocenters. The van der Waals surface area contributed by atoms with Crippen LogP contribution in [0.1, 0.15) is 30.3 Å². The van der Waals surface area contributed by atoms with E-state index in [1.165, 1.54) is 24.3 Å². The second-order valence-electron chi connectivity index (χ2n) is 2.87. The van der Waals surface area contributed by atoms with E-state index in [4.69, 9.17) is 0 Å². The molecule has 1 aromatic heterocycles. The topological polar surface area (TPSA) is 24.9 Å². The third-order valence-electron chi connectivity index (χ3n) is 2.06. The molecule has 1 aliphatic heterocycles. The molecule has 2 nitrogen and oxygen atoms in total. The molecule has 4 heteroatoms. The Morgan fingerprint density at radius 3 is 3.00 bits per heavy atom. The van der Waals surface area contributed by atoms with Crippen molar-refractivity contribution in [1.82, 2.24) is 10.3 Å². The van der Waals surface area contributed by atoms with Crippen LogP contribution in [0.25, 0.3) is 0 Å². The first-order chi connectivity index (χ1) is 5.47. The van der Waals surface area contributed by atoms with Crippen LogP contribution in [0.2, 0.25) is 0 Å². The normalized spacial score (nSPS) is 23.2. The van der Waals surface area contributed by atoms with Gasteiger partial charge in [-0.3, -0.25) is 0 Å². The Hall–Kier alpha value is 0.0700. The number of thiazole rings is 1. The van der Waals surface area contributed by atoms with E-state index in [-0.39, 0.29) is 17.0 Å². The molecule has 1 aromatic rings. The van der Waals surface area contributed by atoms with Crippen molar-refractivity contribution >= 4 is 28.3 Å². The summed E-state index contributed by atoms with van der Waals surface area (Å²) in [5, 5.41) is 6.77. The first kappa shape index (κ1) is 10.2. The molecule has 12 heavy (non-hydrogen) atoms. The lowest BCUT2D eigenvalue weighted by Gasteiger charge is -2.20. The smallest absolute Gasteiger partial charge is 0.109 e. The van der Waals surface area contributed by atoms with Gasteiger partial charge in [0.25, 0.3) is 0 Å². The Labute approximate surface area is 87.2 Å². The molecule has 2 heterocycles. The number of halogens is 1. The zero-order valence-electron chi connectivity index (χ0n) is 6.82. The minimum Gasteiger partial charge on any atom is -0.308 e. The highest BCUT2D eigenvalue weighted by Crippen LogP contribution is 2.23. The van der Waals surface area contributed by atoms with E-state index in [2.05, 4.69) is 10.3 Å². The summed E-state index contributed by atoms with van der Waals surface area (Å²) in [7, 11) is 0. The van der Waals surface area contributed by atoms with Crippen molar-refractivity contribution in [3.8, 4) is 0 Å². The molecule has 1 saturated heterocycles. The summed E-state index contributed by atoms with van der Waals surface area (Å²) in [5.41, 5.74) is 0. The van der Waals surface area contributed by atoms with Gasteiger partial charge in [-0.25, -0.2) is 4.98 Å². The van der Waals surface area contributed by atoms with Crippen LogP contribution in [0.5, 0.6) is 0 Å². The Morgan fingerprint density at radius 2 is 2.42 bits per heavy atom. The van der Waals surface area contributed by atoms with E-state index < -0.39 is 0 Å². The Balaban J connectivity index is 0.000000720. The van der Waals surface area contributed by atoms with E-state index in [9.17, 15) is 0 Å². The molecule has 68 valence electrons. The molecule has 0 spiro atoms. The minimum absolute atomic E-state index is 0. The predicted octanol–water partition coefficient (Wildman–Crippen LogP) is 2.54. The van der Waals surface area contributed by atoms with Crippen molar-refractivity contribution in [2.75, 3.05) is 6.54 Å². The number of nitrogens with one attached hydrogen (secondary N) is 1. The zero-order valence-corrected chi connectivity index (χ0v) is 9.35. The van der Waals surface area contributed by atoms with Crippen molar-refractivity contribution in [2.24, 2.45) is 0 Å². The van der Waals surface area contributed by atoms with Crippen molar-refractivity contribution in [3.63, 3.8) is 0 Å². The summed E-state index contributed by atoms with van der Waals surface area (Å²) >= 11 is 1.76. The number of hydrogen-bond acceptors (Lipinski definition) is 3. The predicted molar refractivity (Wildman–Crippen MR) is 57.0 cm³/mol. The van der Waals surface area contributed by atoms with Crippen molar-refractivity contribution in [2.45, 2.75) is 25.3 Å². The fourth-order valence-electron chi connectivity index (χ4n) is 1.47. The van der Waals surface area contributed by atoms with E-state index in [0.717, 1.165) is 6.54 Å².